The lowest BCUT2D eigenvalue weighted by molar-refractivity contribution is -0.116. The summed E-state index contributed by atoms with van der Waals surface area (Å²) < 4.78 is 32.6. The molecule has 1 heterocycles. The molecule has 3 rings (SSSR count). The molecule has 0 bridgehead atoms. The van der Waals surface area contributed by atoms with Gasteiger partial charge in [-0.2, -0.15) is 0 Å². The van der Waals surface area contributed by atoms with Gasteiger partial charge in [-0.15, -0.1) is 0 Å². The van der Waals surface area contributed by atoms with E-state index < -0.39 is 5.82 Å². The smallest absolute Gasteiger partial charge is 0.244 e. The van der Waals surface area contributed by atoms with Crippen LogP contribution >= 0.6 is 0 Å². The highest BCUT2D eigenvalue weighted by atomic mass is 19.1. The van der Waals surface area contributed by atoms with Crippen LogP contribution in [0.4, 0.5) is 8.78 Å². The zero-order valence-electron chi connectivity index (χ0n) is 15.2. The first-order valence-electron chi connectivity index (χ1n) is 8.59. The Morgan fingerprint density at radius 1 is 1.14 bits per heavy atom. The zero-order valence-corrected chi connectivity index (χ0v) is 15.2. The molecule has 28 heavy (non-hydrogen) atoms. The third kappa shape index (κ3) is 5.23. The summed E-state index contributed by atoms with van der Waals surface area (Å²) in [6.45, 7) is 1.92. The summed E-state index contributed by atoms with van der Waals surface area (Å²) in [5.41, 5.74) is 2.04. The molecule has 0 saturated carbocycles. The Bertz CT molecular complexity index is 987. The van der Waals surface area contributed by atoms with Crippen molar-refractivity contribution in [1.82, 2.24) is 10.3 Å². The maximum absolute atomic E-state index is 14.2. The van der Waals surface area contributed by atoms with Crippen molar-refractivity contribution in [3.05, 3.63) is 95.8 Å². The van der Waals surface area contributed by atoms with E-state index in [4.69, 9.17) is 4.74 Å². The minimum atomic E-state index is -0.534. The van der Waals surface area contributed by atoms with Gasteiger partial charge >= 0.3 is 0 Å². The lowest BCUT2D eigenvalue weighted by atomic mass is 10.1. The number of carbonyl (C=O) groups excluding carboxylic acids is 1. The van der Waals surface area contributed by atoms with Crippen LogP contribution in [0.2, 0.25) is 0 Å². The van der Waals surface area contributed by atoms with E-state index in [0.29, 0.717) is 16.9 Å². The van der Waals surface area contributed by atoms with Gasteiger partial charge in [0.25, 0.3) is 0 Å². The molecule has 0 spiro atoms. The van der Waals surface area contributed by atoms with E-state index in [1.807, 2.05) is 0 Å². The molecule has 0 fully saturated rings. The fourth-order valence-corrected chi connectivity index (χ4v) is 2.50. The van der Waals surface area contributed by atoms with Gasteiger partial charge in [-0.1, -0.05) is 18.2 Å². The number of ether oxygens (including phenoxy) is 1. The highest BCUT2D eigenvalue weighted by molar-refractivity contribution is 5.94. The molecule has 142 valence electrons. The molecule has 0 atom stereocenters. The van der Waals surface area contributed by atoms with Gasteiger partial charge in [-0.25, -0.2) is 8.78 Å². The Morgan fingerprint density at radius 3 is 2.61 bits per heavy atom. The van der Waals surface area contributed by atoms with Crippen LogP contribution in [-0.4, -0.2) is 10.9 Å². The summed E-state index contributed by atoms with van der Waals surface area (Å²) in [5, 5.41) is 2.70. The Balaban J connectivity index is 1.59. The maximum Gasteiger partial charge on any atom is 0.244 e. The SMILES string of the molecule is C/C(=C\C(=O)NCc1ccc(Oc2cccnc2)c(F)c1)c1ccc(F)cc1. The fraction of sp³-hybridized carbons (Fsp3) is 0.0909. The number of hydrogen-bond donors (Lipinski definition) is 1. The monoisotopic (exact) mass is 380 g/mol. The largest absolute Gasteiger partial charge is 0.453 e. The minimum absolute atomic E-state index is 0.0788. The molecular weight excluding hydrogens is 362 g/mol. The number of amides is 1. The Hall–Kier alpha value is -3.54. The number of rotatable bonds is 6. The van der Waals surface area contributed by atoms with Crippen LogP contribution in [0.3, 0.4) is 0 Å². The second-order valence-electron chi connectivity index (χ2n) is 6.11. The van der Waals surface area contributed by atoms with Crippen LogP contribution in [0.25, 0.3) is 5.57 Å². The first kappa shape index (κ1) is 19.2. The molecule has 0 aliphatic heterocycles. The molecule has 3 aromatic rings. The molecule has 4 nitrogen and oxygen atoms in total. The van der Waals surface area contributed by atoms with Gasteiger partial charge in [-0.05, 0) is 60.0 Å². The van der Waals surface area contributed by atoms with E-state index in [0.717, 1.165) is 5.56 Å². The molecular formula is C22H18F2N2O2. The van der Waals surface area contributed by atoms with Crippen LogP contribution in [-0.2, 0) is 11.3 Å². The lowest BCUT2D eigenvalue weighted by Gasteiger charge is -2.09. The number of halogens is 2. The Labute approximate surface area is 161 Å². The van der Waals surface area contributed by atoms with Crippen LogP contribution in [0, 0.1) is 11.6 Å². The summed E-state index contributed by atoms with van der Waals surface area (Å²) in [6.07, 6.45) is 4.51. The molecule has 1 aromatic heterocycles. The molecule has 1 amide bonds. The predicted octanol–water partition coefficient (Wildman–Crippen LogP) is 4.87. The number of nitrogens with zero attached hydrogens (tertiary/aromatic N) is 1. The van der Waals surface area contributed by atoms with Gasteiger partial charge in [0.1, 0.15) is 11.6 Å². The van der Waals surface area contributed by atoms with Gasteiger partial charge in [0.2, 0.25) is 5.91 Å². The third-order valence-electron chi connectivity index (χ3n) is 3.97. The van der Waals surface area contributed by atoms with Gasteiger partial charge < -0.3 is 10.1 Å². The van der Waals surface area contributed by atoms with Crippen molar-refractivity contribution in [3.63, 3.8) is 0 Å². The summed E-state index contributed by atoms with van der Waals surface area (Å²) in [5.74, 6) is -0.676. The normalized spacial score (nSPS) is 11.2. The molecule has 0 aliphatic rings. The number of benzene rings is 2. The number of carbonyl (C=O) groups is 1. The summed E-state index contributed by atoms with van der Waals surface area (Å²) in [7, 11) is 0. The Kier molecular flexibility index (Phi) is 6.11. The van der Waals surface area contributed by atoms with Crippen LogP contribution in [0.15, 0.2) is 73.1 Å². The molecule has 2 aromatic carbocycles. The molecule has 0 saturated heterocycles. The van der Waals surface area contributed by atoms with Crippen LogP contribution < -0.4 is 10.1 Å². The molecule has 6 heteroatoms. The van der Waals surface area contributed by atoms with Crippen LogP contribution in [0.5, 0.6) is 11.5 Å². The van der Waals surface area contributed by atoms with Gasteiger partial charge in [0, 0.05) is 18.8 Å². The molecule has 0 aliphatic carbocycles. The van der Waals surface area contributed by atoms with E-state index in [2.05, 4.69) is 10.3 Å². The van der Waals surface area contributed by atoms with Gasteiger partial charge in [0.15, 0.2) is 11.6 Å². The molecule has 0 radical (unpaired) electrons. The van der Waals surface area contributed by atoms with Gasteiger partial charge in [-0.3, -0.25) is 9.78 Å². The summed E-state index contributed by atoms with van der Waals surface area (Å²) in [6, 6.07) is 13.7. The quantitative estimate of drug-likeness (QED) is 0.621. The van der Waals surface area contributed by atoms with E-state index in [-0.39, 0.29) is 24.0 Å². The molecule has 1 N–H and O–H groups in total. The standard InChI is InChI=1S/C22H18F2N2O2/c1-15(17-5-7-18(23)8-6-17)11-22(27)26-13-16-4-9-21(20(24)12-16)28-19-3-2-10-25-14-19/h2-12,14H,13H2,1H3,(H,26,27)/b15-11+. The Morgan fingerprint density at radius 2 is 1.93 bits per heavy atom. The van der Waals surface area contributed by atoms with Crippen molar-refractivity contribution in [2.24, 2.45) is 0 Å². The van der Waals surface area contributed by atoms with E-state index in [1.54, 1.807) is 43.5 Å². The number of hydrogen-bond acceptors (Lipinski definition) is 3. The number of nitrogens with one attached hydrogen (secondary N) is 1. The van der Waals surface area contributed by atoms with E-state index >= 15 is 0 Å². The molecule has 0 unspecified atom stereocenters. The second kappa shape index (κ2) is 8.90. The van der Waals surface area contributed by atoms with Gasteiger partial charge in [0.05, 0.1) is 6.20 Å². The van der Waals surface area contributed by atoms with Crippen molar-refractivity contribution in [2.45, 2.75) is 13.5 Å². The minimum Gasteiger partial charge on any atom is -0.453 e. The fourth-order valence-electron chi connectivity index (χ4n) is 2.50. The number of pyridine rings is 1. The number of aromatic nitrogens is 1. The summed E-state index contributed by atoms with van der Waals surface area (Å²) >= 11 is 0. The van der Waals surface area contributed by atoms with Crippen molar-refractivity contribution >= 4 is 11.5 Å². The summed E-state index contributed by atoms with van der Waals surface area (Å²) in [4.78, 5) is 16.0. The number of allylic oxidation sites excluding steroid dienone is 1. The average molecular weight is 380 g/mol. The maximum atomic E-state index is 14.2. The first-order chi connectivity index (χ1) is 13.5. The first-order valence-corrected chi connectivity index (χ1v) is 8.59. The van der Waals surface area contributed by atoms with Crippen molar-refractivity contribution in [1.29, 1.82) is 0 Å². The highest BCUT2D eigenvalue weighted by Crippen LogP contribution is 2.24. The predicted molar refractivity (Wildman–Crippen MR) is 103 cm³/mol. The third-order valence-corrected chi connectivity index (χ3v) is 3.97. The topological polar surface area (TPSA) is 51.2 Å². The zero-order chi connectivity index (χ0) is 19.9. The van der Waals surface area contributed by atoms with E-state index in [1.165, 1.54) is 36.5 Å². The van der Waals surface area contributed by atoms with Crippen molar-refractivity contribution < 1.29 is 18.3 Å². The highest BCUT2D eigenvalue weighted by Gasteiger charge is 2.07. The lowest BCUT2D eigenvalue weighted by Crippen LogP contribution is -2.20. The average Bonchev–Trinajstić information content (AvgIpc) is 2.69. The van der Waals surface area contributed by atoms with Crippen molar-refractivity contribution in [3.8, 4) is 11.5 Å². The van der Waals surface area contributed by atoms with Crippen molar-refractivity contribution in [2.75, 3.05) is 0 Å². The second-order valence-corrected chi connectivity index (χ2v) is 6.11. The van der Waals surface area contributed by atoms with Crippen LogP contribution in [0.1, 0.15) is 18.1 Å². The van der Waals surface area contributed by atoms with E-state index in [9.17, 15) is 13.6 Å².